The Morgan fingerprint density at radius 1 is 1.28 bits per heavy atom. The first-order chi connectivity index (χ1) is 8.38. The van der Waals surface area contributed by atoms with Crippen LogP contribution in [0.3, 0.4) is 0 Å². The van der Waals surface area contributed by atoms with Crippen molar-refractivity contribution < 1.29 is 18.3 Å². The van der Waals surface area contributed by atoms with E-state index in [4.69, 9.17) is 5.11 Å². The van der Waals surface area contributed by atoms with Crippen LogP contribution in [0.1, 0.15) is 10.4 Å². The zero-order valence-electron chi connectivity index (χ0n) is 9.41. The van der Waals surface area contributed by atoms with E-state index < -0.39 is 15.8 Å². The van der Waals surface area contributed by atoms with E-state index in [1.807, 2.05) is 0 Å². The van der Waals surface area contributed by atoms with Crippen LogP contribution in [0.25, 0.3) is 11.1 Å². The molecular weight excluding hydrogens is 256 g/mol. The van der Waals surface area contributed by atoms with Crippen molar-refractivity contribution in [1.82, 2.24) is 10.2 Å². The summed E-state index contributed by atoms with van der Waals surface area (Å²) in [6.45, 7) is 0. The molecule has 0 aliphatic rings. The highest BCUT2D eigenvalue weighted by atomic mass is 32.2. The van der Waals surface area contributed by atoms with Gasteiger partial charge in [-0.1, -0.05) is 0 Å². The molecule has 0 atom stereocenters. The van der Waals surface area contributed by atoms with E-state index in [9.17, 15) is 13.2 Å². The molecule has 0 bridgehead atoms. The number of carbonyl (C=O) groups is 1. The van der Waals surface area contributed by atoms with Crippen molar-refractivity contribution in [2.24, 2.45) is 0 Å². The molecule has 0 unspecified atom stereocenters. The highest BCUT2D eigenvalue weighted by Gasteiger charge is 2.14. The summed E-state index contributed by atoms with van der Waals surface area (Å²) in [4.78, 5) is 11.0. The Bertz CT molecular complexity index is 690. The third-order valence-corrected chi connectivity index (χ3v) is 3.51. The molecule has 6 nitrogen and oxygen atoms in total. The Hall–Kier alpha value is -2.15. The van der Waals surface area contributed by atoms with Crippen molar-refractivity contribution in [3.8, 4) is 11.1 Å². The van der Waals surface area contributed by atoms with Crippen LogP contribution in [0.5, 0.6) is 0 Å². The molecule has 0 saturated heterocycles. The fraction of sp³-hybridized carbons (Fsp3) is 0.0909. The van der Waals surface area contributed by atoms with Crippen LogP contribution in [-0.4, -0.2) is 35.9 Å². The number of hydrogen-bond acceptors (Lipinski definition) is 4. The summed E-state index contributed by atoms with van der Waals surface area (Å²) < 4.78 is 23.0. The largest absolute Gasteiger partial charge is 0.478 e. The number of hydrogen-bond donors (Lipinski definition) is 2. The monoisotopic (exact) mass is 266 g/mol. The van der Waals surface area contributed by atoms with Gasteiger partial charge in [0, 0.05) is 18.0 Å². The van der Waals surface area contributed by atoms with Gasteiger partial charge in [0.25, 0.3) is 0 Å². The maximum atomic E-state index is 11.5. The minimum atomic E-state index is -3.47. The number of aromatic carboxylic acids is 1. The number of carboxylic acid groups (broad SMARTS) is 1. The van der Waals surface area contributed by atoms with E-state index in [1.54, 1.807) is 6.20 Å². The Labute approximate surface area is 103 Å². The topological polar surface area (TPSA) is 100 Å². The Balaban J connectivity index is 2.68. The predicted octanol–water partition coefficient (Wildman–Crippen LogP) is 1.18. The second-order valence-corrected chi connectivity index (χ2v) is 5.83. The van der Waals surface area contributed by atoms with Gasteiger partial charge >= 0.3 is 5.97 Å². The van der Waals surface area contributed by atoms with Crippen molar-refractivity contribution in [2.75, 3.05) is 6.26 Å². The van der Waals surface area contributed by atoms with Crippen molar-refractivity contribution >= 4 is 15.8 Å². The van der Waals surface area contributed by atoms with Crippen molar-refractivity contribution in [2.45, 2.75) is 4.90 Å². The molecule has 1 aromatic heterocycles. The van der Waals surface area contributed by atoms with Crippen LogP contribution >= 0.6 is 0 Å². The number of carboxylic acids is 1. The number of nitrogens with zero attached hydrogens (tertiary/aromatic N) is 1. The fourth-order valence-corrected chi connectivity index (χ4v) is 2.19. The summed E-state index contributed by atoms with van der Waals surface area (Å²) in [5.74, 6) is -1.18. The van der Waals surface area contributed by atoms with Gasteiger partial charge in [0.15, 0.2) is 9.84 Å². The first-order valence-electron chi connectivity index (χ1n) is 4.95. The third kappa shape index (κ3) is 2.40. The Morgan fingerprint density at radius 3 is 2.50 bits per heavy atom. The van der Waals surface area contributed by atoms with Crippen LogP contribution in [0.15, 0.2) is 35.5 Å². The van der Waals surface area contributed by atoms with Gasteiger partial charge in [-0.2, -0.15) is 5.10 Å². The second-order valence-electron chi connectivity index (χ2n) is 3.81. The second kappa shape index (κ2) is 4.26. The van der Waals surface area contributed by atoms with E-state index in [0.29, 0.717) is 11.1 Å². The van der Waals surface area contributed by atoms with Crippen LogP contribution in [0, 0.1) is 0 Å². The molecule has 2 aromatic rings. The van der Waals surface area contributed by atoms with E-state index in [2.05, 4.69) is 10.2 Å². The molecule has 0 spiro atoms. The Morgan fingerprint density at radius 2 is 2.00 bits per heavy atom. The molecule has 0 aliphatic carbocycles. The average molecular weight is 266 g/mol. The molecule has 0 aliphatic heterocycles. The number of aromatic nitrogens is 2. The smallest absolute Gasteiger partial charge is 0.335 e. The Kier molecular flexibility index (Phi) is 2.92. The van der Waals surface area contributed by atoms with E-state index in [0.717, 1.165) is 12.3 Å². The van der Waals surface area contributed by atoms with E-state index >= 15 is 0 Å². The standard InChI is InChI=1S/C11H10N2O4S/c1-18(16,17)10-3-7(9-5-12-13-6-9)2-8(4-10)11(14)15/h2-6H,1H3,(H,12,13)(H,14,15). The van der Waals surface area contributed by atoms with Gasteiger partial charge in [0.1, 0.15) is 0 Å². The molecule has 0 radical (unpaired) electrons. The summed E-state index contributed by atoms with van der Waals surface area (Å²) in [7, 11) is -3.47. The molecule has 1 heterocycles. The number of rotatable bonds is 3. The van der Waals surface area contributed by atoms with Crippen LogP contribution in [0.2, 0.25) is 0 Å². The van der Waals surface area contributed by atoms with Gasteiger partial charge in [-0.05, 0) is 23.8 Å². The van der Waals surface area contributed by atoms with E-state index in [1.165, 1.54) is 18.3 Å². The van der Waals surface area contributed by atoms with Gasteiger partial charge < -0.3 is 5.11 Å². The van der Waals surface area contributed by atoms with Crippen molar-refractivity contribution in [3.63, 3.8) is 0 Å². The SMILES string of the molecule is CS(=O)(=O)c1cc(C(=O)O)cc(-c2cn[nH]c2)c1. The molecule has 7 heteroatoms. The maximum Gasteiger partial charge on any atom is 0.335 e. The quantitative estimate of drug-likeness (QED) is 0.868. The zero-order valence-corrected chi connectivity index (χ0v) is 10.2. The van der Waals surface area contributed by atoms with Crippen molar-refractivity contribution in [3.05, 3.63) is 36.2 Å². The minimum Gasteiger partial charge on any atom is -0.478 e. The fourth-order valence-electron chi connectivity index (χ4n) is 1.51. The van der Waals surface area contributed by atoms with Crippen LogP contribution < -0.4 is 0 Å². The van der Waals surface area contributed by atoms with Crippen LogP contribution in [0.4, 0.5) is 0 Å². The average Bonchev–Trinajstić information content (AvgIpc) is 2.80. The summed E-state index contributed by atoms with van der Waals surface area (Å²) in [5.41, 5.74) is 1.04. The molecule has 2 N–H and O–H groups in total. The zero-order chi connectivity index (χ0) is 13.3. The summed E-state index contributed by atoms with van der Waals surface area (Å²) in [6, 6.07) is 3.97. The highest BCUT2D eigenvalue weighted by molar-refractivity contribution is 7.90. The maximum absolute atomic E-state index is 11.5. The molecule has 94 valence electrons. The van der Waals surface area contributed by atoms with Crippen LogP contribution in [-0.2, 0) is 9.84 Å². The normalized spacial score (nSPS) is 11.4. The highest BCUT2D eigenvalue weighted by Crippen LogP contribution is 2.23. The number of nitrogens with one attached hydrogen (secondary N) is 1. The predicted molar refractivity (Wildman–Crippen MR) is 64.1 cm³/mol. The van der Waals surface area contributed by atoms with Gasteiger partial charge in [0.2, 0.25) is 0 Å². The van der Waals surface area contributed by atoms with E-state index in [-0.39, 0.29) is 10.5 Å². The summed E-state index contributed by atoms with van der Waals surface area (Å²) in [6.07, 6.45) is 4.09. The summed E-state index contributed by atoms with van der Waals surface area (Å²) in [5, 5.41) is 15.3. The molecule has 0 amide bonds. The minimum absolute atomic E-state index is 0.0291. The molecule has 2 rings (SSSR count). The lowest BCUT2D eigenvalue weighted by atomic mass is 10.1. The van der Waals surface area contributed by atoms with Crippen molar-refractivity contribution in [1.29, 1.82) is 0 Å². The number of sulfone groups is 1. The lowest BCUT2D eigenvalue weighted by Gasteiger charge is -2.05. The first-order valence-corrected chi connectivity index (χ1v) is 6.84. The van der Waals surface area contributed by atoms with Gasteiger partial charge in [0.05, 0.1) is 16.7 Å². The van der Waals surface area contributed by atoms with Gasteiger partial charge in [-0.15, -0.1) is 0 Å². The van der Waals surface area contributed by atoms with Gasteiger partial charge in [-0.25, -0.2) is 13.2 Å². The number of H-pyrrole nitrogens is 1. The molecular formula is C11H10N2O4S. The molecule has 18 heavy (non-hydrogen) atoms. The molecule has 1 aromatic carbocycles. The first kappa shape index (κ1) is 12.3. The van der Waals surface area contributed by atoms with Gasteiger partial charge in [-0.3, -0.25) is 5.10 Å². The summed E-state index contributed by atoms with van der Waals surface area (Å²) >= 11 is 0. The number of aromatic amines is 1. The number of benzene rings is 1. The lowest BCUT2D eigenvalue weighted by molar-refractivity contribution is 0.0696. The third-order valence-electron chi connectivity index (χ3n) is 2.41. The molecule has 0 fully saturated rings. The molecule has 0 saturated carbocycles. The lowest BCUT2D eigenvalue weighted by Crippen LogP contribution is -2.02.